The van der Waals surface area contributed by atoms with Gasteiger partial charge in [0, 0.05) is 10.7 Å². The van der Waals surface area contributed by atoms with E-state index in [1.54, 1.807) is 48.5 Å². The van der Waals surface area contributed by atoms with E-state index in [-0.39, 0.29) is 11.5 Å². The molecule has 9 heteroatoms. The van der Waals surface area contributed by atoms with Crippen molar-refractivity contribution < 1.29 is 23.9 Å². The summed E-state index contributed by atoms with van der Waals surface area (Å²) in [5.41, 5.74) is 4.67. The van der Waals surface area contributed by atoms with Crippen LogP contribution < -0.4 is 20.2 Å². The molecule has 3 aromatic carbocycles. The molecule has 0 fully saturated rings. The van der Waals surface area contributed by atoms with Crippen molar-refractivity contribution in [2.45, 2.75) is 13.3 Å². The van der Waals surface area contributed by atoms with Crippen LogP contribution in [-0.4, -0.2) is 31.1 Å². The number of carbonyl (C=O) groups excluding carboxylic acids is 3. The molecule has 0 spiro atoms. The molecule has 2 N–H and O–H groups in total. The van der Waals surface area contributed by atoms with Gasteiger partial charge in [-0.25, -0.2) is 10.2 Å². The quantitative estimate of drug-likeness (QED) is 0.173. The molecule has 34 heavy (non-hydrogen) atoms. The Labute approximate surface area is 201 Å². The molecule has 0 aliphatic rings. The van der Waals surface area contributed by atoms with Crippen molar-refractivity contribution in [2.75, 3.05) is 12.4 Å². The number of nitrogens with one attached hydrogen (secondary N) is 2. The van der Waals surface area contributed by atoms with Crippen LogP contribution in [0.1, 0.15) is 28.4 Å². The first-order valence-electron chi connectivity index (χ1n) is 10.3. The number of amides is 2. The molecular formula is C25H22ClN3O5. The normalized spacial score (nSPS) is 10.6. The molecule has 0 atom stereocenters. The minimum atomic E-state index is -0.920. The lowest BCUT2D eigenvalue weighted by atomic mass is 10.1. The van der Waals surface area contributed by atoms with Crippen molar-refractivity contribution >= 4 is 41.3 Å². The van der Waals surface area contributed by atoms with Gasteiger partial charge in [0.25, 0.3) is 0 Å². The fourth-order valence-electron chi connectivity index (χ4n) is 2.82. The summed E-state index contributed by atoms with van der Waals surface area (Å²) in [6.07, 6.45) is 2.20. The second-order valence-electron chi connectivity index (χ2n) is 7.01. The number of nitrogens with zero attached hydrogens (tertiary/aromatic N) is 1. The van der Waals surface area contributed by atoms with Gasteiger partial charge in [-0.1, -0.05) is 30.7 Å². The maximum atomic E-state index is 12.3. The van der Waals surface area contributed by atoms with Crippen molar-refractivity contribution in [3.8, 4) is 11.5 Å². The van der Waals surface area contributed by atoms with Crippen LogP contribution in [0.2, 0.25) is 5.02 Å². The van der Waals surface area contributed by atoms with Crippen LogP contribution in [0, 0.1) is 0 Å². The molecule has 0 bridgehead atoms. The molecular weight excluding hydrogens is 458 g/mol. The lowest BCUT2D eigenvalue weighted by Crippen LogP contribution is -2.32. The van der Waals surface area contributed by atoms with Crippen LogP contribution in [0.25, 0.3) is 0 Å². The average molecular weight is 480 g/mol. The first-order valence-corrected chi connectivity index (χ1v) is 10.7. The molecule has 0 saturated heterocycles. The molecule has 0 heterocycles. The van der Waals surface area contributed by atoms with E-state index in [0.717, 1.165) is 12.0 Å². The Morgan fingerprint density at radius 1 is 0.941 bits per heavy atom. The van der Waals surface area contributed by atoms with Crippen molar-refractivity contribution in [3.05, 3.63) is 88.4 Å². The van der Waals surface area contributed by atoms with Gasteiger partial charge < -0.3 is 14.8 Å². The maximum Gasteiger partial charge on any atom is 0.343 e. The molecule has 0 aromatic heterocycles. The molecule has 2 amide bonds. The van der Waals surface area contributed by atoms with Crippen LogP contribution in [0.5, 0.6) is 11.5 Å². The van der Waals surface area contributed by atoms with E-state index < -0.39 is 17.8 Å². The van der Waals surface area contributed by atoms with E-state index in [4.69, 9.17) is 21.1 Å². The first kappa shape index (κ1) is 24.5. The Balaban J connectivity index is 1.58. The molecule has 3 rings (SSSR count). The van der Waals surface area contributed by atoms with Gasteiger partial charge in [0.05, 0.1) is 18.9 Å². The van der Waals surface area contributed by atoms with E-state index in [9.17, 15) is 14.4 Å². The number of benzene rings is 3. The van der Waals surface area contributed by atoms with Gasteiger partial charge in [0.15, 0.2) is 11.5 Å². The number of hydrogen-bond acceptors (Lipinski definition) is 6. The standard InChI is InChI=1S/C25H22ClN3O5/c1-3-16-4-11-20(12-5-16)28-23(30)24(31)29-27-15-17-6-13-21(22(14-17)33-2)34-25(32)18-7-9-19(26)10-8-18/h4-15H,3H2,1-2H3,(H,28,30)(H,29,31)/b27-15-. The highest BCUT2D eigenvalue weighted by Crippen LogP contribution is 2.28. The van der Waals surface area contributed by atoms with E-state index >= 15 is 0 Å². The molecule has 8 nitrogen and oxygen atoms in total. The molecule has 0 unspecified atom stereocenters. The van der Waals surface area contributed by atoms with Crippen LogP contribution in [0.3, 0.4) is 0 Å². The van der Waals surface area contributed by atoms with E-state index in [1.807, 2.05) is 19.1 Å². The summed E-state index contributed by atoms with van der Waals surface area (Å²) < 4.78 is 10.7. The van der Waals surface area contributed by atoms with Crippen LogP contribution in [-0.2, 0) is 16.0 Å². The highest BCUT2D eigenvalue weighted by Gasteiger charge is 2.14. The summed E-state index contributed by atoms with van der Waals surface area (Å²) >= 11 is 5.83. The van der Waals surface area contributed by atoms with Gasteiger partial charge in [-0.3, -0.25) is 9.59 Å². The predicted octanol–water partition coefficient (Wildman–Crippen LogP) is 4.22. The predicted molar refractivity (Wildman–Crippen MR) is 130 cm³/mol. The third kappa shape index (κ3) is 6.66. The number of anilines is 1. The monoisotopic (exact) mass is 479 g/mol. The third-order valence-electron chi connectivity index (χ3n) is 4.68. The fraction of sp³-hybridized carbons (Fsp3) is 0.120. The van der Waals surface area contributed by atoms with Crippen molar-refractivity contribution in [3.63, 3.8) is 0 Å². The Hall–Kier alpha value is -4.17. The maximum absolute atomic E-state index is 12.3. The van der Waals surface area contributed by atoms with Crippen LogP contribution in [0.4, 0.5) is 5.69 Å². The minimum absolute atomic E-state index is 0.206. The fourth-order valence-corrected chi connectivity index (χ4v) is 2.95. The number of methoxy groups -OCH3 is 1. The lowest BCUT2D eigenvalue weighted by molar-refractivity contribution is -0.136. The summed E-state index contributed by atoms with van der Waals surface area (Å²) in [5.74, 6) is -1.85. The van der Waals surface area contributed by atoms with E-state index in [2.05, 4.69) is 15.8 Å². The SMILES string of the molecule is CCc1ccc(NC(=O)C(=O)N/N=C\c2ccc(OC(=O)c3ccc(Cl)cc3)c(OC)c2)cc1. The topological polar surface area (TPSA) is 106 Å². The smallest absolute Gasteiger partial charge is 0.343 e. The highest BCUT2D eigenvalue weighted by atomic mass is 35.5. The van der Waals surface area contributed by atoms with Crippen LogP contribution in [0.15, 0.2) is 71.8 Å². The second-order valence-corrected chi connectivity index (χ2v) is 7.45. The number of esters is 1. The summed E-state index contributed by atoms with van der Waals surface area (Å²) in [5, 5.41) is 6.80. The minimum Gasteiger partial charge on any atom is -0.493 e. The molecule has 0 aliphatic carbocycles. The van der Waals surface area contributed by atoms with Gasteiger partial charge in [-0.2, -0.15) is 5.10 Å². The van der Waals surface area contributed by atoms with Crippen molar-refractivity contribution in [1.82, 2.24) is 5.43 Å². The van der Waals surface area contributed by atoms with Gasteiger partial charge >= 0.3 is 17.8 Å². The van der Waals surface area contributed by atoms with Crippen molar-refractivity contribution in [1.29, 1.82) is 0 Å². The number of aryl methyl sites for hydroxylation is 1. The Morgan fingerprint density at radius 3 is 2.29 bits per heavy atom. The number of hydrogen-bond donors (Lipinski definition) is 2. The molecule has 0 aliphatic heterocycles. The number of halogens is 1. The Morgan fingerprint density at radius 2 is 1.65 bits per heavy atom. The van der Waals surface area contributed by atoms with E-state index in [0.29, 0.717) is 21.8 Å². The zero-order valence-electron chi connectivity index (χ0n) is 18.5. The molecule has 3 aromatic rings. The summed E-state index contributed by atoms with van der Waals surface area (Å²) in [6, 6.07) is 18.2. The van der Waals surface area contributed by atoms with Gasteiger partial charge in [-0.15, -0.1) is 0 Å². The lowest BCUT2D eigenvalue weighted by Gasteiger charge is -2.10. The number of ether oxygens (including phenoxy) is 2. The number of hydrazone groups is 1. The van der Waals surface area contributed by atoms with Crippen LogP contribution >= 0.6 is 11.6 Å². The summed E-state index contributed by atoms with van der Waals surface area (Å²) in [4.78, 5) is 36.3. The summed E-state index contributed by atoms with van der Waals surface area (Å²) in [7, 11) is 1.43. The van der Waals surface area contributed by atoms with Gasteiger partial charge in [0.2, 0.25) is 0 Å². The third-order valence-corrected chi connectivity index (χ3v) is 4.93. The Bertz CT molecular complexity index is 1210. The number of carbonyl (C=O) groups is 3. The largest absolute Gasteiger partial charge is 0.493 e. The zero-order valence-corrected chi connectivity index (χ0v) is 19.3. The highest BCUT2D eigenvalue weighted by molar-refractivity contribution is 6.39. The zero-order chi connectivity index (χ0) is 24.5. The number of rotatable bonds is 7. The molecule has 174 valence electrons. The second kappa shape index (κ2) is 11.6. The first-order chi connectivity index (χ1) is 16.4. The van der Waals surface area contributed by atoms with Crippen molar-refractivity contribution in [2.24, 2.45) is 5.10 Å². The van der Waals surface area contributed by atoms with Gasteiger partial charge in [0.1, 0.15) is 0 Å². The molecule has 0 radical (unpaired) electrons. The average Bonchev–Trinajstić information content (AvgIpc) is 2.85. The Kier molecular flexibility index (Phi) is 8.37. The van der Waals surface area contributed by atoms with E-state index in [1.165, 1.54) is 19.4 Å². The van der Waals surface area contributed by atoms with Gasteiger partial charge in [-0.05, 0) is 72.1 Å². The summed E-state index contributed by atoms with van der Waals surface area (Å²) in [6.45, 7) is 2.02. The molecule has 0 saturated carbocycles.